The molecule has 1 heterocycles. The van der Waals surface area contributed by atoms with Crippen molar-refractivity contribution in [2.45, 2.75) is 38.5 Å². The van der Waals surface area contributed by atoms with Crippen molar-refractivity contribution in [3.05, 3.63) is 62.6 Å². The number of nitrogens with zero attached hydrogens (tertiary/aromatic N) is 1. The normalized spacial score (nSPS) is 20.9. The molecule has 0 amide bonds. The Hall–Kier alpha value is -1.72. The van der Waals surface area contributed by atoms with Crippen molar-refractivity contribution in [3.63, 3.8) is 0 Å². The SMILES string of the molecule is Cc1csc(=S)n1OC(=O)C1=CC[C@@](C)(c2ccccc2)CC1. The topological polar surface area (TPSA) is 31.2 Å². The van der Waals surface area contributed by atoms with Crippen LogP contribution in [0.1, 0.15) is 37.4 Å². The summed E-state index contributed by atoms with van der Waals surface area (Å²) in [7, 11) is 0. The summed E-state index contributed by atoms with van der Waals surface area (Å²) >= 11 is 6.58. The van der Waals surface area contributed by atoms with Crippen molar-refractivity contribution in [1.82, 2.24) is 4.73 Å². The molecule has 0 N–H and O–H groups in total. The minimum absolute atomic E-state index is 0.0830. The molecule has 0 bridgehead atoms. The summed E-state index contributed by atoms with van der Waals surface area (Å²) in [6, 6.07) is 10.5. The van der Waals surface area contributed by atoms with Gasteiger partial charge in [-0.2, -0.15) is 4.73 Å². The van der Waals surface area contributed by atoms with Crippen molar-refractivity contribution in [2.24, 2.45) is 0 Å². The van der Waals surface area contributed by atoms with E-state index in [1.165, 1.54) is 21.6 Å². The van der Waals surface area contributed by atoms with Gasteiger partial charge in [-0.25, -0.2) is 4.79 Å². The van der Waals surface area contributed by atoms with E-state index in [0.717, 1.165) is 30.5 Å². The molecule has 0 radical (unpaired) electrons. The molecule has 0 saturated carbocycles. The number of rotatable bonds is 3. The summed E-state index contributed by atoms with van der Waals surface area (Å²) in [5, 5.41) is 1.89. The number of allylic oxidation sites excluding steroid dienone is 1. The third kappa shape index (κ3) is 3.31. The highest BCUT2D eigenvalue weighted by molar-refractivity contribution is 7.73. The average Bonchev–Trinajstić information content (AvgIpc) is 2.88. The molecule has 0 unspecified atom stereocenters. The second-order valence-corrected chi connectivity index (χ2v) is 7.68. The van der Waals surface area contributed by atoms with Gasteiger partial charge in [-0.05, 0) is 49.4 Å². The van der Waals surface area contributed by atoms with Crippen LogP contribution in [0.3, 0.4) is 0 Å². The summed E-state index contributed by atoms with van der Waals surface area (Å²) < 4.78 is 2.00. The molecule has 120 valence electrons. The Kier molecular flexibility index (Phi) is 4.50. The van der Waals surface area contributed by atoms with Gasteiger partial charge in [0.2, 0.25) is 0 Å². The molecule has 0 fully saturated rings. The molecule has 0 aliphatic heterocycles. The third-order valence-electron chi connectivity index (χ3n) is 4.47. The van der Waals surface area contributed by atoms with Gasteiger partial charge < -0.3 is 4.84 Å². The van der Waals surface area contributed by atoms with Crippen LogP contribution in [-0.2, 0) is 10.2 Å². The maximum Gasteiger partial charge on any atom is 0.359 e. The largest absolute Gasteiger partial charge is 0.359 e. The first-order valence-electron chi connectivity index (χ1n) is 7.64. The Balaban J connectivity index is 1.74. The Bertz CT molecular complexity index is 804. The van der Waals surface area contributed by atoms with Crippen LogP contribution in [0.5, 0.6) is 0 Å². The van der Waals surface area contributed by atoms with E-state index in [1.54, 1.807) is 0 Å². The zero-order valence-electron chi connectivity index (χ0n) is 13.2. The molecule has 2 aromatic rings. The van der Waals surface area contributed by atoms with E-state index < -0.39 is 0 Å². The van der Waals surface area contributed by atoms with E-state index in [1.807, 2.05) is 24.4 Å². The van der Waals surface area contributed by atoms with Gasteiger partial charge in [0.1, 0.15) is 0 Å². The number of carbonyl (C=O) groups is 1. The molecular weight excluding hydrogens is 326 g/mol. The van der Waals surface area contributed by atoms with Gasteiger partial charge in [-0.1, -0.05) is 43.3 Å². The maximum atomic E-state index is 12.4. The van der Waals surface area contributed by atoms with Gasteiger partial charge in [0.25, 0.3) is 0 Å². The van der Waals surface area contributed by atoms with Crippen molar-refractivity contribution >= 4 is 29.5 Å². The van der Waals surface area contributed by atoms with Crippen LogP contribution < -0.4 is 4.84 Å². The van der Waals surface area contributed by atoms with Crippen molar-refractivity contribution in [2.75, 3.05) is 0 Å². The molecule has 23 heavy (non-hydrogen) atoms. The highest BCUT2D eigenvalue weighted by atomic mass is 32.1. The molecule has 1 aromatic carbocycles. The number of aryl methyl sites for hydroxylation is 1. The fourth-order valence-electron chi connectivity index (χ4n) is 2.88. The van der Waals surface area contributed by atoms with Crippen molar-refractivity contribution in [1.29, 1.82) is 0 Å². The van der Waals surface area contributed by atoms with Crippen molar-refractivity contribution < 1.29 is 9.63 Å². The summed E-state index contributed by atoms with van der Waals surface area (Å²) in [6.45, 7) is 4.13. The summed E-state index contributed by atoms with van der Waals surface area (Å²) in [5.74, 6) is -0.294. The second kappa shape index (κ2) is 6.42. The number of thiazole rings is 1. The van der Waals surface area contributed by atoms with E-state index in [-0.39, 0.29) is 11.4 Å². The van der Waals surface area contributed by atoms with E-state index in [2.05, 4.69) is 31.2 Å². The standard InChI is InChI=1S/C18H19NO2S2/c1-13-12-23-17(22)19(13)21-16(20)14-8-10-18(2,11-9-14)15-6-4-3-5-7-15/h3-8,12H,9-11H2,1-2H3/t18-/m1/s1. The fourth-order valence-corrected chi connectivity index (χ4v) is 3.85. The van der Waals surface area contributed by atoms with Crippen LogP contribution in [-0.4, -0.2) is 10.7 Å². The number of aromatic nitrogens is 1. The highest BCUT2D eigenvalue weighted by Gasteiger charge is 2.31. The lowest BCUT2D eigenvalue weighted by atomic mass is 9.72. The van der Waals surface area contributed by atoms with Crippen LogP contribution in [0, 0.1) is 10.9 Å². The van der Waals surface area contributed by atoms with Gasteiger partial charge in [0.15, 0.2) is 3.95 Å². The third-order valence-corrected chi connectivity index (χ3v) is 5.75. The molecular formula is C18H19NO2S2. The Labute approximate surface area is 145 Å². The molecule has 1 aliphatic carbocycles. The first-order valence-corrected chi connectivity index (χ1v) is 8.93. The summed E-state index contributed by atoms with van der Waals surface area (Å²) in [4.78, 5) is 17.8. The number of hydrogen-bond donors (Lipinski definition) is 0. The molecule has 3 rings (SSSR count). The highest BCUT2D eigenvalue weighted by Crippen LogP contribution is 2.38. The second-order valence-electron chi connectivity index (χ2n) is 6.18. The Morgan fingerprint density at radius 2 is 2.09 bits per heavy atom. The monoisotopic (exact) mass is 345 g/mol. The lowest BCUT2D eigenvalue weighted by Gasteiger charge is -2.33. The van der Waals surface area contributed by atoms with E-state index in [9.17, 15) is 4.79 Å². The van der Waals surface area contributed by atoms with Crippen LogP contribution in [0.4, 0.5) is 0 Å². The maximum absolute atomic E-state index is 12.4. The Morgan fingerprint density at radius 3 is 2.65 bits per heavy atom. The summed E-state index contributed by atoms with van der Waals surface area (Å²) in [5.41, 5.74) is 2.99. The van der Waals surface area contributed by atoms with Crippen molar-refractivity contribution in [3.8, 4) is 0 Å². The zero-order chi connectivity index (χ0) is 16.4. The Morgan fingerprint density at radius 1 is 1.35 bits per heavy atom. The molecule has 1 atom stereocenters. The number of benzene rings is 1. The lowest BCUT2D eigenvalue weighted by molar-refractivity contribution is -0.140. The predicted molar refractivity (Wildman–Crippen MR) is 95.2 cm³/mol. The zero-order valence-corrected chi connectivity index (χ0v) is 14.9. The smallest absolute Gasteiger partial charge is 0.330 e. The molecule has 5 heteroatoms. The molecule has 0 saturated heterocycles. The molecule has 0 spiro atoms. The number of carbonyl (C=O) groups excluding carboxylic acids is 1. The molecule has 3 nitrogen and oxygen atoms in total. The van der Waals surface area contributed by atoms with Gasteiger partial charge >= 0.3 is 5.97 Å². The van der Waals surface area contributed by atoms with E-state index in [4.69, 9.17) is 17.1 Å². The minimum atomic E-state index is -0.294. The minimum Gasteiger partial charge on any atom is -0.330 e. The number of hydrogen-bond acceptors (Lipinski definition) is 4. The first kappa shape index (κ1) is 16.1. The molecule has 1 aromatic heterocycles. The van der Waals surface area contributed by atoms with Gasteiger partial charge in [0.05, 0.1) is 5.69 Å². The van der Waals surface area contributed by atoms with Crippen LogP contribution >= 0.6 is 23.6 Å². The van der Waals surface area contributed by atoms with Crippen LogP contribution in [0.2, 0.25) is 0 Å². The van der Waals surface area contributed by atoms with Gasteiger partial charge in [-0.15, -0.1) is 11.3 Å². The lowest BCUT2D eigenvalue weighted by Crippen LogP contribution is -2.29. The van der Waals surface area contributed by atoms with E-state index >= 15 is 0 Å². The quantitative estimate of drug-likeness (QED) is 0.761. The summed E-state index contributed by atoms with van der Waals surface area (Å²) in [6.07, 6.45) is 4.52. The average molecular weight is 345 g/mol. The predicted octanol–water partition coefficient (Wildman–Crippen LogP) is 4.61. The molecule has 1 aliphatic rings. The first-order chi connectivity index (χ1) is 11.0. The van der Waals surface area contributed by atoms with Crippen LogP contribution in [0.25, 0.3) is 0 Å². The van der Waals surface area contributed by atoms with Gasteiger partial charge in [0, 0.05) is 11.0 Å². The van der Waals surface area contributed by atoms with Gasteiger partial charge in [-0.3, -0.25) is 0 Å². The van der Waals surface area contributed by atoms with E-state index in [0.29, 0.717) is 3.95 Å². The fraction of sp³-hybridized carbons (Fsp3) is 0.333. The van der Waals surface area contributed by atoms with Crippen LogP contribution in [0.15, 0.2) is 47.4 Å².